The summed E-state index contributed by atoms with van der Waals surface area (Å²) in [6.45, 7) is 1.54. The lowest BCUT2D eigenvalue weighted by molar-refractivity contribution is 0.261. The number of hydrogen-bond acceptors (Lipinski definition) is 5. The maximum absolute atomic E-state index is 5.70. The molecule has 0 saturated carbocycles. The minimum absolute atomic E-state index is 0.655. The number of benzene rings is 1. The Morgan fingerprint density at radius 3 is 3.00 bits per heavy atom. The largest absolute Gasteiger partial charge is 0.469 e. The molecule has 2 rings (SSSR count). The zero-order valence-electron chi connectivity index (χ0n) is 9.43. The van der Waals surface area contributed by atoms with Crippen LogP contribution >= 0.6 is 11.3 Å². The number of nitrogens with zero attached hydrogens (tertiary/aromatic N) is 2. The number of anilines is 1. The highest BCUT2D eigenvalue weighted by Gasteiger charge is 2.04. The van der Waals surface area contributed by atoms with Crippen LogP contribution in [-0.4, -0.2) is 37.1 Å². The summed E-state index contributed by atoms with van der Waals surface area (Å²) in [6, 6.07) is 5.69. The first-order chi connectivity index (χ1) is 7.65. The van der Waals surface area contributed by atoms with Crippen LogP contribution in [0.15, 0.2) is 18.2 Å². The summed E-state index contributed by atoms with van der Waals surface area (Å²) in [7, 11) is 4.03. The van der Waals surface area contributed by atoms with Gasteiger partial charge in [0.1, 0.15) is 6.61 Å². The molecule has 4 nitrogen and oxygen atoms in total. The third-order valence-electron chi connectivity index (χ3n) is 2.16. The minimum Gasteiger partial charge on any atom is -0.469 e. The number of hydrogen-bond donors (Lipinski definition) is 1. The quantitative estimate of drug-likeness (QED) is 0.824. The van der Waals surface area contributed by atoms with Crippen molar-refractivity contribution >= 4 is 27.2 Å². The SMILES string of the molecule is CN(C)CCOc1nc2ccc(N)cc2s1. The van der Waals surface area contributed by atoms with Crippen molar-refractivity contribution in [2.24, 2.45) is 0 Å². The Balaban J connectivity index is 2.08. The number of ether oxygens (including phenoxy) is 1. The maximum atomic E-state index is 5.70. The lowest BCUT2D eigenvalue weighted by Crippen LogP contribution is -2.19. The van der Waals surface area contributed by atoms with E-state index in [9.17, 15) is 0 Å². The molecule has 16 heavy (non-hydrogen) atoms. The van der Waals surface area contributed by atoms with Gasteiger partial charge in [-0.1, -0.05) is 11.3 Å². The first-order valence-corrected chi connectivity index (χ1v) is 5.90. The summed E-state index contributed by atoms with van der Waals surface area (Å²) < 4.78 is 6.64. The number of likely N-dealkylation sites (N-methyl/N-ethyl adjacent to an activating group) is 1. The fourth-order valence-corrected chi connectivity index (χ4v) is 2.18. The van der Waals surface area contributed by atoms with Gasteiger partial charge in [-0.2, -0.15) is 0 Å². The molecule has 0 saturated heterocycles. The van der Waals surface area contributed by atoms with Crippen LogP contribution < -0.4 is 10.5 Å². The summed E-state index contributed by atoms with van der Waals surface area (Å²) in [5, 5.41) is 0.711. The molecule has 5 heteroatoms. The molecule has 0 spiro atoms. The van der Waals surface area contributed by atoms with Crippen molar-refractivity contribution in [2.45, 2.75) is 0 Å². The van der Waals surface area contributed by atoms with Crippen LogP contribution in [0.3, 0.4) is 0 Å². The van der Waals surface area contributed by atoms with Crippen molar-refractivity contribution in [3.63, 3.8) is 0 Å². The Labute approximate surface area is 98.6 Å². The number of fused-ring (bicyclic) bond motifs is 1. The van der Waals surface area contributed by atoms with Gasteiger partial charge in [0.2, 0.25) is 0 Å². The Bertz CT molecular complexity index is 481. The van der Waals surface area contributed by atoms with Crippen LogP contribution in [0.4, 0.5) is 5.69 Å². The molecule has 0 aliphatic carbocycles. The number of aromatic nitrogens is 1. The molecule has 1 aromatic heterocycles. The molecule has 86 valence electrons. The average molecular weight is 237 g/mol. The smallest absolute Gasteiger partial charge is 0.274 e. The van der Waals surface area contributed by atoms with E-state index < -0.39 is 0 Å². The number of nitrogens with two attached hydrogens (primary N) is 1. The fraction of sp³-hybridized carbons (Fsp3) is 0.364. The number of thiazole rings is 1. The predicted molar refractivity (Wildman–Crippen MR) is 68.1 cm³/mol. The van der Waals surface area contributed by atoms with E-state index in [0.717, 1.165) is 22.4 Å². The Morgan fingerprint density at radius 2 is 2.25 bits per heavy atom. The second-order valence-corrected chi connectivity index (χ2v) is 4.85. The van der Waals surface area contributed by atoms with Gasteiger partial charge in [0.15, 0.2) is 0 Å². The van der Waals surface area contributed by atoms with Gasteiger partial charge in [0.05, 0.1) is 10.2 Å². The van der Waals surface area contributed by atoms with Crippen LogP contribution in [0.1, 0.15) is 0 Å². The Morgan fingerprint density at radius 1 is 1.44 bits per heavy atom. The minimum atomic E-state index is 0.655. The van der Waals surface area contributed by atoms with E-state index in [1.165, 1.54) is 11.3 Å². The zero-order chi connectivity index (χ0) is 11.5. The summed E-state index contributed by atoms with van der Waals surface area (Å²) in [5.74, 6) is 0. The first kappa shape index (κ1) is 11.2. The van der Waals surface area contributed by atoms with Gasteiger partial charge in [-0.25, -0.2) is 4.98 Å². The van der Waals surface area contributed by atoms with Crippen LogP contribution in [0.2, 0.25) is 0 Å². The van der Waals surface area contributed by atoms with Crippen molar-refractivity contribution < 1.29 is 4.74 Å². The fourth-order valence-electron chi connectivity index (χ4n) is 1.30. The third kappa shape index (κ3) is 2.62. The molecule has 0 fully saturated rings. The second-order valence-electron chi connectivity index (χ2n) is 3.86. The molecule has 0 aliphatic rings. The molecule has 0 amide bonds. The summed E-state index contributed by atoms with van der Waals surface area (Å²) in [6.07, 6.45) is 0. The van der Waals surface area contributed by atoms with E-state index in [4.69, 9.17) is 10.5 Å². The van der Waals surface area contributed by atoms with Crippen LogP contribution in [0.25, 0.3) is 10.2 Å². The van der Waals surface area contributed by atoms with Gasteiger partial charge < -0.3 is 15.4 Å². The molecule has 2 N–H and O–H groups in total. The van der Waals surface area contributed by atoms with E-state index in [1.54, 1.807) is 0 Å². The summed E-state index contributed by atoms with van der Waals surface area (Å²) in [5.41, 5.74) is 7.41. The molecule has 0 atom stereocenters. The highest BCUT2D eigenvalue weighted by atomic mass is 32.1. The van der Waals surface area contributed by atoms with Gasteiger partial charge >= 0.3 is 0 Å². The topological polar surface area (TPSA) is 51.4 Å². The van der Waals surface area contributed by atoms with Crippen LogP contribution in [0.5, 0.6) is 5.19 Å². The molecule has 0 unspecified atom stereocenters. The van der Waals surface area contributed by atoms with Crippen molar-refractivity contribution in [3.05, 3.63) is 18.2 Å². The predicted octanol–water partition coefficient (Wildman–Crippen LogP) is 1.82. The van der Waals surface area contributed by atoms with Gasteiger partial charge in [-0.3, -0.25) is 0 Å². The summed E-state index contributed by atoms with van der Waals surface area (Å²) >= 11 is 1.53. The molecule has 0 radical (unpaired) electrons. The number of rotatable bonds is 4. The van der Waals surface area contributed by atoms with Crippen molar-refractivity contribution in [1.29, 1.82) is 0 Å². The van der Waals surface area contributed by atoms with E-state index in [-0.39, 0.29) is 0 Å². The summed E-state index contributed by atoms with van der Waals surface area (Å²) in [4.78, 5) is 6.45. The maximum Gasteiger partial charge on any atom is 0.274 e. The number of nitrogen functional groups attached to an aromatic ring is 1. The van der Waals surface area contributed by atoms with E-state index in [1.807, 2.05) is 32.3 Å². The van der Waals surface area contributed by atoms with Gasteiger partial charge in [0, 0.05) is 12.2 Å². The normalized spacial score (nSPS) is 11.2. The molecule has 0 bridgehead atoms. The molecule has 1 aromatic carbocycles. The Kier molecular flexibility index (Phi) is 3.26. The third-order valence-corrected chi connectivity index (χ3v) is 3.09. The highest BCUT2D eigenvalue weighted by molar-refractivity contribution is 7.20. The van der Waals surface area contributed by atoms with Crippen molar-refractivity contribution in [2.75, 3.05) is 33.0 Å². The molecule has 2 aromatic rings. The van der Waals surface area contributed by atoms with Crippen molar-refractivity contribution in [1.82, 2.24) is 9.88 Å². The van der Waals surface area contributed by atoms with E-state index >= 15 is 0 Å². The zero-order valence-corrected chi connectivity index (χ0v) is 10.3. The second kappa shape index (κ2) is 4.67. The van der Waals surface area contributed by atoms with Crippen LogP contribution in [-0.2, 0) is 0 Å². The monoisotopic (exact) mass is 237 g/mol. The van der Waals surface area contributed by atoms with Crippen molar-refractivity contribution in [3.8, 4) is 5.19 Å². The molecular formula is C11H15N3OS. The van der Waals surface area contributed by atoms with E-state index in [2.05, 4.69) is 9.88 Å². The lowest BCUT2D eigenvalue weighted by atomic mass is 10.3. The molecular weight excluding hydrogens is 222 g/mol. The standard InChI is InChI=1S/C11H15N3OS/c1-14(2)5-6-15-11-13-9-4-3-8(12)7-10(9)16-11/h3-4,7H,5-6,12H2,1-2H3. The average Bonchev–Trinajstić information content (AvgIpc) is 2.58. The van der Waals surface area contributed by atoms with Gasteiger partial charge in [0.25, 0.3) is 5.19 Å². The van der Waals surface area contributed by atoms with Gasteiger partial charge in [-0.15, -0.1) is 0 Å². The first-order valence-electron chi connectivity index (χ1n) is 5.09. The van der Waals surface area contributed by atoms with Gasteiger partial charge in [-0.05, 0) is 32.3 Å². The van der Waals surface area contributed by atoms with Crippen LogP contribution in [0, 0.1) is 0 Å². The Hall–Kier alpha value is -1.33. The highest BCUT2D eigenvalue weighted by Crippen LogP contribution is 2.28. The molecule has 1 heterocycles. The lowest BCUT2D eigenvalue weighted by Gasteiger charge is -2.08. The molecule has 0 aliphatic heterocycles. The van der Waals surface area contributed by atoms with E-state index in [0.29, 0.717) is 11.8 Å².